The molecule has 2 aromatic rings. The number of benzene rings is 1. The van der Waals surface area contributed by atoms with Crippen LogP contribution in [0.5, 0.6) is 5.88 Å². The molecule has 2 saturated heterocycles. The third kappa shape index (κ3) is 8.42. The highest BCUT2D eigenvalue weighted by Gasteiger charge is 2.36. The zero-order chi connectivity index (χ0) is 35.2. The van der Waals surface area contributed by atoms with Gasteiger partial charge in [0, 0.05) is 57.3 Å². The summed E-state index contributed by atoms with van der Waals surface area (Å²) in [5.41, 5.74) is -0.413. The van der Waals surface area contributed by atoms with Gasteiger partial charge in [-0.15, -0.1) is 0 Å². The van der Waals surface area contributed by atoms with Crippen LogP contribution in [-0.4, -0.2) is 128 Å². The monoisotopic (exact) mass is 689 g/mol. The number of aliphatic carboxylic acids is 1. The van der Waals surface area contributed by atoms with E-state index < -0.39 is 66.5 Å². The van der Waals surface area contributed by atoms with E-state index in [1.165, 1.54) is 15.9 Å². The maximum Gasteiger partial charge on any atom is 0.407 e. The van der Waals surface area contributed by atoms with E-state index in [4.69, 9.17) is 4.74 Å². The van der Waals surface area contributed by atoms with Crippen molar-refractivity contribution in [3.05, 3.63) is 41.6 Å². The Labute approximate surface area is 278 Å². The highest BCUT2D eigenvalue weighted by molar-refractivity contribution is 5.96. The molecule has 3 aliphatic rings. The first-order valence-electron chi connectivity index (χ1n) is 16.0. The molecular weight excluding hydrogens is 652 g/mol. The van der Waals surface area contributed by atoms with Gasteiger partial charge in [-0.05, 0) is 50.7 Å². The maximum atomic E-state index is 14.2. The number of carbonyl (C=O) groups excluding carboxylic acids is 4. The zero-order valence-corrected chi connectivity index (χ0v) is 26.5. The molecule has 0 bridgehead atoms. The molecule has 264 valence electrons. The molecule has 16 nitrogen and oxygen atoms in total. The summed E-state index contributed by atoms with van der Waals surface area (Å²) >= 11 is 0. The molecule has 49 heavy (non-hydrogen) atoms. The molecule has 4 N–H and O–H groups in total. The zero-order valence-electron chi connectivity index (χ0n) is 26.5. The fraction of sp³-hybridized carbons (Fsp3) is 0.516. The Bertz CT molecular complexity index is 1610. The number of piperazine rings is 1. The number of nitrogens with zero attached hydrogens (tertiary/aromatic N) is 5. The average Bonchev–Trinajstić information content (AvgIpc) is 3.73. The molecule has 2 aliphatic heterocycles. The molecule has 18 heteroatoms. The number of carboxylic acid groups (broad SMARTS) is 2. The van der Waals surface area contributed by atoms with E-state index in [9.17, 15) is 47.8 Å². The second-order valence-electron chi connectivity index (χ2n) is 12.1. The molecular formula is C31H37F2N7O9. The maximum absolute atomic E-state index is 14.2. The Hall–Kier alpha value is -5.29. The average molecular weight is 690 g/mol. The first-order valence-corrected chi connectivity index (χ1v) is 16.0. The summed E-state index contributed by atoms with van der Waals surface area (Å²) in [6.07, 6.45) is 2.00. The van der Waals surface area contributed by atoms with Crippen LogP contribution in [-0.2, 0) is 19.2 Å². The van der Waals surface area contributed by atoms with Gasteiger partial charge in [0.2, 0.25) is 17.7 Å². The van der Waals surface area contributed by atoms with Crippen molar-refractivity contribution in [1.82, 2.24) is 35.1 Å². The number of carboxylic acids is 1. The molecule has 0 radical (unpaired) electrons. The van der Waals surface area contributed by atoms with Gasteiger partial charge >= 0.3 is 12.1 Å². The van der Waals surface area contributed by atoms with Crippen molar-refractivity contribution in [1.29, 1.82) is 0 Å². The van der Waals surface area contributed by atoms with Crippen LogP contribution >= 0.6 is 0 Å². The predicted molar refractivity (Wildman–Crippen MR) is 164 cm³/mol. The molecule has 3 heterocycles. The van der Waals surface area contributed by atoms with Crippen LogP contribution in [0.1, 0.15) is 55.4 Å². The Morgan fingerprint density at radius 1 is 0.918 bits per heavy atom. The van der Waals surface area contributed by atoms with E-state index in [0.29, 0.717) is 19.4 Å². The minimum atomic E-state index is -1.32. The summed E-state index contributed by atoms with van der Waals surface area (Å²) in [6, 6.07) is 2.03. The van der Waals surface area contributed by atoms with Gasteiger partial charge in [-0.1, -0.05) is 0 Å². The fourth-order valence-electron chi connectivity index (χ4n) is 5.88. The minimum absolute atomic E-state index is 0.0292. The topological polar surface area (TPSA) is 204 Å². The number of hydrogen-bond acceptors (Lipinski definition) is 8. The van der Waals surface area contributed by atoms with Gasteiger partial charge in [0.15, 0.2) is 23.9 Å². The summed E-state index contributed by atoms with van der Waals surface area (Å²) in [5, 5.41) is 28.0. The third-order valence-electron chi connectivity index (χ3n) is 8.84. The van der Waals surface area contributed by atoms with E-state index >= 15 is 0 Å². The van der Waals surface area contributed by atoms with Crippen molar-refractivity contribution < 1.29 is 52.5 Å². The van der Waals surface area contributed by atoms with Crippen LogP contribution in [0.15, 0.2) is 24.3 Å². The lowest BCUT2D eigenvalue weighted by Gasteiger charge is -2.35. The SMILES string of the molecule is O=C(O)CC[C@H](NC(=O)c1cc(OCC(=O)N2CCC[C@H]2C(=O)NC2CCC2)n(-c2ccc(F)c(F)c2)n1)C(=O)N1CCN(C(=O)O)CC1. The van der Waals surface area contributed by atoms with Gasteiger partial charge in [0.05, 0.1) is 5.69 Å². The van der Waals surface area contributed by atoms with Crippen LogP contribution in [0.4, 0.5) is 13.6 Å². The van der Waals surface area contributed by atoms with Crippen molar-refractivity contribution in [3.8, 4) is 11.6 Å². The third-order valence-corrected chi connectivity index (χ3v) is 8.84. The normalized spacial score (nSPS) is 18.4. The molecule has 1 aromatic carbocycles. The number of carbonyl (C=O) groups is 6. The first-order chi connectivity index (χ1) is 23.4. The summed E-state index contributed by atoms with van der Waals surface area (Å²) in [4.78, 5) is 79.2. The second kappa shape index (κ2) is 15.3. The molecule has 1 saturated carbocycles. The summed E-state index contributed by atoms with van der Waals surface area (Å²) in [6.45, 7) is -0.128. The van der Waals surface area contributed by atoms with Gasteiger partial charge in [-0.25, -0.2) is 18.3 Å². The molecule has 1 aromatic heterocycles. The number of rotatable bonds is 12. The van der Waals surface area contributed by atoms with Crippen LogP contribution in [0.25, 0.3) is 5.69 Å². The number of nitrogens with one attached hydrogen (secondary N) is 2. The number of aromatic nitrogens is 2. The van der Waals surface area contributed by atoms with Crippen molar-refractivity contribution in [3.63, 3.8) is 0 Å². The lowest BCUT2D eigenvalue weighted by atomic mass is 9.93. The van der Waals surface area contributed by atoms with Gasteiger partial charge in [-0.2, -0.15) is 5.10 Å². The molecule has 5 amide bonds. The van der Waals surface area contributed by atoms with Crippen LogP contribution in [0, 0.1) is 11.6 Å². The smallest absolute Gasteiger partial charge is 0.407 e. The second-order valence-corrected chi connectivity index (χ2v) is 12.1. The van der Waals surface area contributed by atoms with Gasteiger partial charge in [-0.3, -0.25) is 24.0 Å². The number of ether oxygens (including phenoxy) is 1. The molecule has 0 unspecified atom stereocenters. The molecule has 3 fully saturated rings. The van der Waals surface area contributed by atoms with Gasteiger partial charge in [0.1, 0.15) is 12.1 Å². The van der Waals surface area contributed by atoms with E-state index in [0.717, 1.165) is 47.0 Å². The largest absolute Gasteiger partial charge is 0.481 e. The quantitative estimate of drug-likeness (QED) is 0.249. The Balaban J connectivity index is 1.33. The number of likely N-dealkylation sites (tertiary alicyclic amines) is 1. The van der Waals surface area contributed by atoms with Crippen molar-refractivity contribution in [2.24, 2.45) is 0 Å². The van der Waals surface area contributed by atoms with E-state index in [1.807, 2.05) is 0 Å². The highest BCUT2D eigenvalue weighted by Crippen LogP contribution is 2.24. The van der Waals surface area contributed by atoms with Crippen molar-refractivity contribution in [2.45, 2.75) is 63.1 Å². The lowest BCUT2D eigenvalue weighted by molar-refractivity contribution is -0.140. The molecule has 0 spiro atoms. The fourth-order valence-corrected chi connectivity index (χ4v) is 5.88. The van der Waals surface area contributed by atoms with Crippen LogP contribution in [0.3, 0.4) is 0 Å². The molecule has 5 rings (SSSR count). The van der Waals surface area contributed by atoms with Crippen molar-refractivity contribution >= 4 is 35.7 Å². The number of halogens is 2. The van der Waals surface area contributed by atoms with Crippen molar-refractivity contribution in [2.75, 3.05) is 39.3 Å². The van der Waals surface area contributed by atoms with E-state index in [-0.39, 0.29) is 61.8 Å². The predicted octanol–water partition coefficient (Wildman–Crippen LogP) is 0.974. The summed E-state index contributed by atoms with van der Waals surface area (Å²) < 4.78 is 34.7. The molecule has 2 atom stereocenters. The first kappa shape index (κ1) is 35.0. The number of hydrogen-bond donors (Lipinski definition) is 4. The lowest BCUT2D eigenvalue weighted by Crippen LogP contribution is -2.55. The Morgan fingerprint density at radius 2 is 1.63 bits per heavy atom. The standard InChI is InChI=1S/C31H37F2N7O9/c32-20-7-6-19(15-21(20)33)40-26(49-17-25(41)39-10-2-5-24(39)29(45)34-18-3-1-4-18)16-23(36-40)28(44)35-22(8-9-27(42)43)30(46)37-11-13-38(14-12-37)31(47)48/h6-7,15-16,18,22,24H,1-5,8-14,17H2,(H,34,45)(H,35,44)(H,42,43)(H,47,48)/t22-,24-/m0/s1. The van der Waals surface area contributed by atoms with Crippen LogP contribution < -0.4 is 15.4 Å². The molecule has 1 aliphatic carbocycles. The number of amides is 5. The minimum Gasteiger partial charge on any atom is -0.481 e. The van der Waals surface area contributed by atoms with Crippen LogP contribution in [0.2, 0.25) is 0 Å². The Morgan fingerprint density at radius 3 is 2.27 bits per heavy atom. The van der Waals surface area contributed by atoms with Gasteiger partial charge in [0.25, 0.3) is 11.8 Å². The summed E-state index contributed by atoms with van der Waals surface area (Å²) in [7, 11) is 0. The summed E-state index contributed by atoms with van der Waals surface area (Å²) in [5.74, 6) is -6.10. The van der Waals surface area contributed by atoms with E-state index in [2.05, 4.69) is 15.7 Å². The highest BCUT2D eigenvalue weighted by atomic mass is 19.2. The Kier molecular flexibility index (Phi) is 10.9. The van der Waals surface area contributed by atoms with E-state index in [1.54, 1.807) is 0 Å². The van der Waals surface area contributed by atoms with Gasteiger partial charge < -0.3 is 40.3 Å².